The number of piperazine rings is 1. The van der Waals surface area contributed by atoms with E-state index in [1.165, 1.54) is 4.88 Å². The summed E-state index contributed by atoms with van der Waals surface area (Å²) in [6.07, 6.45) is 3.03. The van der Waals surface area contributed by atoms with Gasteiger partial charge in [0.2, 0.25) is 0 Å². The van der Waals surface area contributed by atoms with E-state index in [4.69, 9.17) is 4.74 Å². The van der Waals surface area contributed by atoms with Crippen LogP contribution in [0.3, 0.4) is 0 Å². The topological polar surface area (TPSA) is 35.9 Å². The first kappa shape index (κ1) is 17.9. The normalized spacial score (nSPS) is 18.6. The number of ether oxygens (including phenoxy) is 1. The van der Waals surface area contributed by atoms with Crippen molar-refractivity contribution >= 4 is 11.3 Å². The third kappa shape index (κ3) is 6.75. The lowest BCUT2D eigenvalue weighted by atomic mass is 10.2. The van der Waals surface area contributed by atoms with E-state index in [0.717, 1.165) is 65.1 Å². The van der Waals surface area contributed by atoms with Gasteiger partial charge in [-0.25, -0.2) is 0 Å². The summed E-state index contributed by atoms with van der Waals surface area (Å²) in [5.41, 5.74) is 0. The Morgan fingerprint density at radius 1 is 1.27 bits per heavy atom. The molecule has 1 N–H and O–H groups in total. The van der Waals surface area contributed by atoms with E-state index in [0.29, 0.717) is 6.61 Å². The Kier molecular flexibility index (Phi) is 8.41. The highest BCUT2D eigenvalue weighted by Crippen LogP contribution is 2.11. The first-order chi connectivity index (χ1) is 10.8. The highest BCUT2D eigenvalue weighted by Gasteiger charge is 2.19. The lowest BCUT2D eigenvalue weighted by Gasteiger charge is -2.35. The van der Waals surface area contributed by atoms with Crippen molar-refractivity contribution in [3.8, 4) is 0 Å². The van der Waals surface area contributed by atoms with Crippen molar-refractivity contribution in [3.63, 3.8) is 0 Å². The number of nitrogens with zero attached hydrogens (tertiary/aromatic N) is 2. The summed E-state index contributed by atoms with van der Waals surface area (Å²) >= 11 is 1.85. The summed E-state index contributed by atoms with van der Waals surface area (Å²) in [4.78, 5) is 6.36. The van der Waals surface area contributed by atoms with Gasteiger partial charge in [0.05, 0.1) is 12.7 Å². The van der Waals surface area contributed by atoms with Crippen LogP contribution >= 0.6 is 11.3 Å². The van der Waals surface area contributed by atoms with E-state index in [1.807, 2.05) is 11.3 Å². The zero-order valence-electron chi connectivity index (χ0n) is 13.7. The maximum absolute atomic E-state index is 10.0. The van der Waals surface area contributed by atoms with Crippen LogP contribution in [0.2, 0.25) is 0 Å². The van der Waals surface area contributed by atoms with Gasteiger partial charge in [0, 0.05) is 50.8 Å². The molecular weight excluding hydrogens is 296 g/mol. The molecule has 1 aliphatic heterocycles. The van der Waals surface area contributed by atoms with E-state index < -0.39 is 0 Å². The third-order valence-corrected chi connectivity index (χ3v) is 5.08. The van der Waals surface area contributed by atoms with Gasteiger partial charge in [-0.1, -0.05) is 19.4 Å². The fraction of sp³-hybridized carbons (Fsp3) is 0.765. The standard InChI is InChI=1S/C17H30N2O2S/c1-2-3-12-21-15-16(20)14-19-10-8-18(9-11-19)7-6-17-5-4-13-22-17/h4-5,13,16,20H,2-3,6-12,14-15H2,1H3. The maximum atomic E-state index is 10.0. The van der Waals surface area contributed by atoms with Crippen LogP contribution in [0.5, 0.6) is 0 Å². The molecule has 22 heavy (non-hydrogen) atoms. The first-order valence-electron chi connectivity index (χ1n) is 8.51. The van der Waals surface area contributed by atoms with Gasteiger partial charge in [-0.2, -0.15) is 0 Å². The van der Waals surface area contributed by atoms with Crippen LogP contribution in [0.1, 0.15) is 24.6 Å². The third-order valence-electron chi connectivity index (χ3n) is 4.14. The summed E-state index contributed by atoms with van der Waals surface area (Å²) in [6, 6.07) is 4.34. The maximum Gasteiger partial charge on any atom is 0.0900 e. The quantitative estimate of drug-likeness (QED) is 0.668. The number of thiophene rings is 1. The SMILES string of the molecule is CCCCOCC(O)CN1CCN(CCc2cccs2)CC1. The zero-order chi connectivity index (χ0) is 15.6. The number of aliphatic hydroxyl groups is 1. The second-order valence-corrected chi connectivity index (χ2v) is 7.09. The lowest BCUT2D eigenvalue weighted by molar-refractivity contribution is 0.00659. The van der Waals surface area contributed by atoms with Gasteiger partial charge in [-0.05, 0) is 24.3 Å². The molecule has 1 aliphatic rings. The van der Waals surface area contributed by atoms with Gasteiger partial charge in [0.25, 0.3) is 0 Å². The molecule has 1 fully saturated rings. The molecule has 0 spiro atoms. The summed E-state index contributed by atoms with van der Waals surface area (Å²) in [5, 5.41) is 12.2. The van der Waals surface area contributed by atoms with Gasteiger partial charge in [-0.3, -0.25) is 4.90 Å². The molecule has 0 aromatic carbocycles. The molecule has 0 amide bonds. The highest BCUT2D eigenvalue weighted by molar-refractivity contribution is 7.09. The van der Waals surface area contributed by atoms with Gasteiger partial charge in [0.15, 0.2) is 0 Å². The Morgan fingerprint density at radius 2 is 2.05 bits per heavy atom. The van der Waals surface area contributed by atoms with Crippen LogP contribution in [0.25, 0.3) is 0 Å². The van der Waals surface area contributed by atoms with Crippen LogP contribution in [-0.2, 0) is 11.2 Å². The van der Waals surface area contributed by atoms with Gasteiger partial charge in [-0.15, -0.1) is 11.3 Å². The molecule has 2 rings (SSSR count). The molecule has 1 aromatic rings. The molecule has 1 unspecified atom stereocenters. The monoisotopic (exact) mass is 326 g/mol. The average Bonchev–Trinajstić information content (AvgIpc) is 3.04. The average molecular weight is 327 g/mol. The summed E-state index contributed by atoms with van der Waals surface area (Å²) in [6.45, 7) is 9.60. The number of hydrogen-bond acceptors (Lipinski definition) is 5. The molecule has 1 atom stereocenters. The number of hydrogen-bond donors (Lipinski definition) is 1. The van der Waals surface area contributed by atoms with Crippen LogP contribution in [0.15, 0.2) is 17.5 Å². The molecule has 0 radical (unpaired) electrons. The molecule has 4 nitrogen and oxygen atoms in total. The van der Waals surface area contributed by atoms with Crippen LogP contribution < -0.4 is 0 Å². The van der Waals surface area contributed by atoms with Crippen molar-refractivity contribution in [2.45, 2.75) is 32.3 Å². The van der Waals surface area contributed by atoms with Crippen LogP contribution in [0, 0.1) is 0 Å². The Morgan fingerprint density at radius 3 is 2.73 bits per heavy atom. The molecule has 0 bridgehead atoms. The van der Waals surface area contributed by atoms with Crippen molar-refractivity contribution < 1.29 is 9.84 Å². The first-order valence-corrected chi connectivity index (χ1v) is 9.38. The minimum absolute atomic E-state index is 0.352. The summed E-state index contributed by atoms with van der Waals surface area (Å²) in [7, 11) is 0. The fourth-order valence-electron chi connectivity index (χ4n) is 2.74. The van der Waals surface area contributed by atoms with E-state index in [2.05, 4.69) is 34.2 Å². The molecular formula is C17H30N2O2S. The van der Waals surface area contributed by atoms with Gasteiger partial charge < -0.3 is 14.7 Å². The smallest absolute Gasteiger partial charge is 0.0900 e. The van der Waals surface area contributed by atoms with Gasteiger partial charge in [0.1, 0.15) is 0 Å². The molecule has 1 saturated heterocycles. The van der Waals surface area contributed by atoms with Crippen LogP contribution in [0.4, 0.5) is 0 Å². The van der Waals surface area contributed by atoms with Crippen molar-refractivity contribution in [2.24, 2.45) is 0 Å². The minimum atomic E-state index is -0.352. The van der Waals surface area contributed by atoms with Crippen LogP contribution in [-0.4, -0.2) is 73.5 Å². The number of rotatable bonds is 10. The summed E-state index contributed by atoms with van der Waals surface area (Å²) < 4.78 is 5.49. The summed E-state index contributed by atoms with van der Waals surface area (Å²) in [5.74, 6) is 0. The number of unbranched alkanes of at least 4 members (excludes halogenated alkanes) is 1. The Bertz CT molecular complexity index is 378. The molecule has 0 saturated carbocycles. The Balaban J connectivity index is 1.54. The van der Waals surface area contributed by atoms with E-state index in [1.54, 1.807) is 0 Å². The molecule has 2 heterocycles. The van der Waals surface area contributed by atoms with Crippen molar-refractivity contribution in [1.29, 1.82) is 0 Å². The lowest BCUT2D eigenvalue weighted by Crippen LogP contribution is -2.49. The Hall–Kier alpha value is -0.460. The number of β-amino-alcohol motifs (C(OH)–C–C–N with tert-alkyl or cyclic N) is 1. The molecule has 5 heteroatoms. The minimum Gasteiger partial charge on any atom is -0.389 e. The van der Waals surface area contributed by atoms with Crippen molar-refractivity contribution in [3.05, 3.63) is 22.4 Å². The van der Waals surface area contributed by atoms with E-state index in [9.17, 15) is 5.11 Å². The van der Waals surface area contributed by atoms with Gasteiger partial charge >= 0.3 is 0 Å². The Labute approximate surface area is 138 Å². The van der Waals surface area contributed by atoms with E-state index >= 15 is 0 Å². The largest absolute Gasteiger partial charge is 0.389 e. The predicted molar refractivity (Wildman–Crippen MR) is 92.6 cm³/mol. The van der Waals surface area contributed by atoms with Crippen molar-refractivity contribution in [1.82, 2.24) is 9.80 Å². The predicted octanol–water partition coefficient (Wildman–Crippen LogP) is 2.09. The molecule has 126 valence electrons. The van der Waals surface area contributed by atoms with E-state index in [-0.39, 0.29) is 6.10 Å². The molecule has 0 aliphatic carbocycles. The van der Waals surface area contributed by atoms with Crippen molar-refractivity contribution in [2.75, 3.05) is 52.5 Å². The fourth-order valence-corrected chi connectivity index (χ4v) is 3.43. The highest BCUT2D eigenvalue weighted by atomic mass is 32.1. The molecule has 1 aromatic heterocycles. The zero-order valence-corrected chi connectivity index (χ0v) is 14.6. The second kappa shape index (κ2) is 10.3. The number of aliphatic hydroxyl groups excluding tert-OH is 1. The second-order valence-electron chi connectivity index (χ2n) is 6.05.